The smallest absolute Gasteiger partial charge is 0.188 e. The molecule has 0 radical (unpaired) electrons. The van der Waals surface area contributed by atoms with Gasteiger partial charge in [-0.2, -0.15) is 11.8 Å². The van der Waals surface area contributed by atoms with E-state index in [-0.39, 0.29) is 24.0 Å². The number of halogens is 1. The molecule has 17 heavy (non-hydrogen) atoms. The van der Waals surface area contributed by atoms with Crippen LogP contribution in [0, 0.1) is 0 Å². The Morgan fingerprint density at radius 1 is 1.41 bits per heavy atom. The molecule has 1 fully saturated rings. The summed E-state index contributed by atoms with van der Waals surface area (Å²) in [7, 11) is 0. The molecule has 0 unspecified atom stereocenters. The Hall–Kier alpha value is 0.0900. The second kappa shape index (κ2) is 11.2. The average molecular weight is 369 g/mol. The van der Waals surface area contributed by atoms with Crippen LogP contribution in [0.4, 0.5) is 0 Å². The largest absolute Gasteiger partial charge is 0.370 e. The van der Waals surface area contributed by atoms with E-state index in [1.807, 2.05) is 17.8 Å². The number of rotatable bonds is 6. The quantitative estimate of drug-likeness (QED) is 0.249. The summed E-state index contributed by atoms with van der Waals surface area (Å²) >= 11 is 1.83. The predicted molar refractivity (Wildman–Crippen MR) is 89.4 cm³/mol. The van der Waals surface area contributed by atoms with Gasteiger partial charge in [0.15, 0.2) is 5.96 Å². The lowest BCUT2D eigenvalue weighted by Crippen LogP contribution is -2.41. The maximum absolute atomic E-state index is 5.83. The first kappa shape index (κ1) is 17.1. The average Bonchev–Trinajstić information content (AvgIpc) is 2.30. The fourth-order valence-electron chi connectivity index (χ4n) is 1.90. The van der Waals surface area contributed by atoms with Gasteiger partial charge in [-0.15, -0.1) is 30.6 Å². The molecule has 0 spiro atoms. The summed E-state index contributed by atoms with van der Waals surface area (Å²) in [6.45, 7) is 4.47. The van der Waals surface area contributed by atoms with Gasteiger partial charge in [0.2, 0.25) is 0 Å². The molecule has 1 aliphatic carbocycles. The molecular weight excluding hydrogens is 345 g/mol. The van der Waals surface area contributed by atoms with Gasteiger partial charge in [0.05, 0.1) is 6.54 Å². The molecule has 0 amide bonds. The third kappa shape index (κ3) is 8.77. The normalized spacial score (nSPS) is 17.3. The van der Waals surface area contributed by atoms with Gasteiger partial charge >= 0.3 is 0 Å². The van der Waals surface area contributed by atoms with Crippen molar-refractivity contribution in [1.29, 1.82) is 0 Å². The van der Waals surface area contributed by atoms with Gasteiger partial charge in [-0.1, -0.05) is 25.3 Å². The molecule has 1 rings (SSSR count). The van der Waals surface area contributed by atoms with Crippen LogP contribution < -0.4 is 11.1 Å². The minimum atomic E-state index is 0. The molecule has 5 heteroatoms. The van der Waals surface area contributed by atoms with Crippen molar-refractivity contribution < 1.29 is 0 Å². The van der Waals surface area contributed by atoms with E-state index in [1.54, 1.807) is 0 Å². The summed E-state index contributed by atoms with van der Waals surface area (Å²) in [4.78, 5) is 4.32. The third-order valence-electron chi connectivity index (χ3n) is 2.71. The van der Waals surface area contributed by atoms with Gasteiger partial charge in [-0.25, -0.2) is 0 Å². The number of nitrogens with zero attached hydrogens (tertiary/aromatic N) is 1. The van der Waals surface area contributed by atoms with Crippen molar-refractivity contribution in [2.45, 2.75) is 38.1 Å². The molecule has 0 aliphatic heterocycles. The fraction of sp³-hybridized carbons (Fsp3) is 0.750. The molecule has 3 N–H and O–H groups in total. The first-order chi connectivity index (χ1) is 7.83. The van der Waals surface area contributed by atoms with E-state index in [9.17, 15) is 0 Å². The molecule has 0 saturated heterocycles. The van der Waals surface area contributed by atoms with Crippen molar-refractivity contribution in [3.05, 3.63) is 12.7 Å². The highest BCUT2D eigenvalue weighted by Gasteiger charge is 2.12. The summed E-state index contributed by atoms with van der Waals surface area (Å²) in [6.07, 6.45) is 8.40. The molecule has 0 aromatic heterocycles. The molecule has 0 aromatic rings. The molecule has 0 atom stereocenters. The van der Waals surface area contributed by atoms with Crippen molar-refractivity contribution in [3.8, 4) is 0 Å². The molecule has 0 bridgehead atoms. The number of aliphatic imine (C=N–C) groups is 1. The predicted octanol–water partition coefficient (Wildman–Crippen LogP) is 2.76. The van der Waals surface area contributed by atoms with E-state index in [0.29, 0.717) is 12.0 Å². The molecule has 100 valence electrons. The van der Waals surface area contributed by atoms with Crippen molar-refractivity contribution in [3.63, 3.8) is 0 Å². The van der Waals surface area contributed by atoms with E-state index in [1.165, 1.54) is 32.1 Å². The van der Waals surface area contributed by atoms with Crippen LogP contribution in [-0.2, 0) is 0 Å². The SMILES string of the molecule is C=CCSCCN=C(N)NC1CCCCC1.I. The van der Waals surface area contributed by atoms with E-state index in [4.69, 9.17) is 5.73 Å². The minimum absolute atomic E-state index is 0. The highest BCUT2D eigenvalue weighted by Crippen LogP contribution is 2.16. The molecule has 0 aromatic carbocycles. The second-order valence-corrected chi connectivity index (χ2v) is 5.26. The van der Waals surface area contributed by atoms with Crippen LogP contribution in [0.5, 0.6) is 0 Å². The van der Waals surface area contributed by atoms with Crippen LogP contribution in [0.3, 0.4) is 0 Å². The zero-order chi connectivity index (χ0) is 11.6. The highest BCUT2D eigenvalue weighted by molar-refractivity contribution is 14.0. The van der Waals surface area contributed by atoms with Crippen molar-refractivity contribution in [2.75, 3.05) is 18.1 Å². The molecule has 3 nitrogen and oxygen atoms in total. The van der Waals surface area contributed by atoms with Gasteiger partial charge in [-0.05, 0) is 12.8 Å². The van der Waals surface area contributed by atoms with Gasteiger partial charge in [0.1, 0.15) is 0 Å². The van der Waals surface area contributed by atoms with E-state index < -0.39 is 0 Å². The van der Waals surface area contributed by atoms with Crippen LogP contribution in [0.25, 0.3) is 0 Å². The number of hydrogen-bond acceptors (Lipinski definition) is 2. The fourth-order valence-corrected chi connectivity index (χ4v) is 2.45. The van der Waals surface area contributed by atoms with Crippen molar-refractivity contribution in [2.24, 2.45) is 10.7 Å². The number of guanidine groups is 1. The van der Waals surface area contributed by atoms with Crippen LogP contribution in [-0.4, -0.2) is 30.1 Å². The summed E-state index contributed by atoms with van der Waals surface area (Å²) < 4.78 is 0. The Kier molecular flexibility index (Phi) is 11.3. The topological polar surface area (TPSA) is 50.4 Å². The first-order valence-corrected chi connectivity index (χ1v) is 7.23. The van der Waals surface area contributed by atoms with Gasteiger partial charge < -0.3 is 11.1 Å². The van der Waals surface area contributed by atoms with Crippen molar-refractivity contribution in [1.82, 2.24) is 5.32 Å². The maximum atomic E-state index is 5.83. The lowest BCUT2D eigenvalue weighted by atomic mass is 9.96. The van der Waals surface area contributed by atoms with Gasteiger partial charge in [0, 0.05) is 17.5 Å². The summed E-state index contributed by atoms with van der Waals surface area (Å²) in [5.74, 6) is 2.62. The lowest BCUT2D eigenvalue weighted by Gasteiger charge is -2.23. The zero-order valence-electron chi connectivity index (χ0n) is 10.4. The van der Waals surface area contributed by atoms with Crippen LogP contribution in [0.1, 0.15) is 32.1 Å². The molecule has 1 aliphatic rings. The van der Waals surface area contributed by atoms with Crippen molar-refractivity contribution >= 4 is 41.7 Å². The Balaban J connectivity index is 0.00000256. The maximum Gasteiger partial charge on any atom is 0.188 e. The summed E-state index contributed by atoms with van der Waals surface area (Å²) in [6, 6.07) is 0.554. The number of hydrogen-bond donors (Lipinski definition) is 2. The Morgan fingerprint density at radius 2 is 2.12 bits per heavy atom. The molecular formula is C12H24IN3S. The monoisotopic (exact) mass is 369 g/mol. The van der Waals surface area contributed by atoms with Crippen LogP contribution >= 0.6 is 35.7 Å². The number of nitrogens with one attached hydrogen (secondary N) is 1. The van der Waals surface area contributed by atoms with Gasteiger partial charge in [0.25, 0.3) is 0 Å². The highest BCUT2D eigenvalue weighted by atomic mass is 127. The molecule has 1 saturated carbocycles. The third-order valence-corrected chi connectivity index (χ3v) is 3.65. The second-order valence-electron chi connectivity index (χ2n) is 4.11. The Labute approximate surface area is 126 Å². The van der Waals surface area contributed by atoms with Gasteiger partial charge in [-0.3, -0.25) is 4.99 Å². The Morgan fingerprint density at radius 3 is 2.76 bits per heavy atom. The van der Waals surface area contributed by atoms with Crippen LogP contribution in [0.2, 0.25) is 0 Å². The zero-order valence-corrected chi connectivity index (χ0v) is 13.5. The number of nitrogens with two attached hydrogens (primary N) is 1. The van der Waals surface area contributed by atoms with Crippen LogP contribution in [0.15, 0.2) is 17.6 Å². The Bertz CT molecular complexity index is 228. The standard InChI is InChI=1S/C12H23N3S.HI/c1-2-9-16-10-8-14-12(13)15-11-6-4-3-5-7-11;/h2,11H,1,3-10H2,(H3,13,14,15);1H. The van der Waals surface area contributed by atoms with E-state index >= 15 is 0 Å². The van der Waals surface area contributed by atoms with E-state index in [0.717, 1.165) is 18.1 Å². The summed E-state index contributed by atoms with van der Waals surface area (Å²) in [5, 5.41) is 3.31. The number of thioether (sulfide) groups is 1. The summed E-state index contributed by atoms with van der Waals surface area (Å²) in [5.41, 5.74) is 5.83. The first-order valence-electron chi connectivity index (χ1n) is 6.08. The van der Waals surface area contributed by atoms with E-state index in [2.05, 4.69) is 16.9 Å². The molecule has 0 heterocycles. The lowest BCUT2D eigenvalue weighted by molar-refractivity contribution is 0.412. The minimum Gasteiger partial charge on any atom is -0.370 e.